The van der Waals surface area contributed by atoms with E-state index < -0.39 is 0 Å². The number of nitrogens with one attached hydrogen (secondary N) is 1. The second kappa shape index (κ2) is 6.64. The summed E-state index contributed by atoms with van der Waals surface area (Å²) >= 11 is 0. The third-order valence-corrected chi connectivity index (χ3v) is 4.10. The van der Waals surface area contributed by atoms with Crippen molar-refractivity contribution >= 4 is 5.91 Å². The molecule has 116 valence electrons. The highest BCUT2D eigenvalue weighted by atomic mass is 16.5. The van der Waals surface area contributed by atoms with E-state index in [0.717, 1.165) is 36.4 Å². The summed E-state index contributed by atoms with van der Waals surface area (Å²) in [4.78, 5) is 14.4. The van der Waals surface area contributed by atoms with Crippen molar-refractivity contribution in [2.45, 2.75) is 26.3 Å². The highest BCUT2D eigenvalue weighted by molar-refractivity contribution is 5.78. The fourth-order valence-electron chi connectivity index (χ4n) is 2.72. The number of carbonyl (C=O) groups is 1. The Morgan fingerprint density at radius 3 is 3.05 bits per heavy atom. The molecule has 5 nitrogen and oxygen atoms in total. The van der Waals surface area contributed by atoms with Gasteiger partial charge < -0.3 is 9.64 Å². The molecular weight excluding hydrogens is 278 g/mol. The second-order valence-corrected chi connectivity index (χ2v) is 5.73. The van der Waals surface area contributed by atoms with E-state index >= 15 is 0 Å². The van der Waals surface area contributed by atoms with Gasteiger partial charge in [0.15, 0.2) is 0 Å². The van der Waals surface area contributed by atoms with Gasteiger partial charge in [-0.15, -0.1) is 0 Å². The van der Waals surface area contributed by atoms with Crippen LogP contribution in [0.1, 0.15) is 24.6 Å². The van der Waals surface area contributed by atoms with E-state index in [-0.39, 0.29) is 11.8 Å². The number of H-pyrrole nitrogens is 1. The second-order valence-electron chi connectivity index (χ2n) is 5.73. The molecule has 0 saturated carbocycles. The van der Waals surface area contributed by atoms with Gasteiger partial charge in [0.25, 0.3) is 0 Å². The summed E-state index contributed by atoms with van der Waals surface area (Å²) in [6.07, 6.45) is 3.40. The third-order valence-electron chi connectivity index (χ3n) is 4.10. The van der Waals surface area contributed by atoms with Crippen LogP contribution in [-0.2, 0) is 17.8 Å². The maximum absolute atomic E-state index is 12.5. The number of amides is 1. The van der Waals surface area contributed by atoms with Crippen LogP contribution >= 0.6 is 0 Å². The number of para-hydroxylation sites is 1. The Morgan fingerprint density at radius 1 is 1.41 bits per heavy atom. The van der Waals surface area contributed by atoms with Gasteiger partial charge in [-0.25, -0.2) is 0 Å². The molecule has 3 rings (SSSR count). The molecular formula is C17H21N3O2. The summed E-state index contributed by atoms with van der Waals surface area (Å²) in [7, 11) is 0. The minimum absolute atomic E-state index is 0.0304. The first-order valence-corrected chi connectivity index (χ1v) is 7.72. The Kier molecular flexibility index (Phi) is 4.42. The van der Waals surface area contributed by atoms with Gasteiger partial charge in [0.1, 0.15) is 5.75 Å². The molecule has 1 aromatic carbocycles. The number of nitrogens with zero attached hydrogens (tertiary/aromatic N) is 2. The molecule has 0 radical (unpaired) electrons. The van der Waals surface area contributed by atoms with Gasteiger partial charge in [-0.1, -0.05) is 25.1 Å². The normalized spacial score (nSPS) is 15.2. The molecule has 22 heavy (non-hydrogen) atoms. The highest BCUT2D eigenvalue weighted by Gasteiger charge is 2.25. The molecule has 0 aliphatic carbocycles. The van der Waals surface area contributed by atoms with E-state index in [0.29, 0.717) is 13.2 Å². The van der Waals surface area contributed by atoms with E-state index in [2.05, 4.69) is 10.2 Å². The smallest absolute Gasteiger partial charge is 0.225 e. The lowest BCUT2D eigenvalue weighted by Crippen LogP contribution is -2.39. The number of hydrogen-bond acceptors (Lipinski definition) is 3. The summed E-state index contributed by atoms with van der Waals surface area (Å²) in [6, 6.07) is 9.70. The summed E-state index contributed by atoms with van der Waals surface area (Å²) in [6.45, 7) is 3.95. The molecule has 1 aliphatic heterocycles. The Bertz CT molecular complexity index is 624. The van der Waals surface area contributed by atoms with Crippen LogP contribution in [0.2, 0.25) is 0 Å². The molecule has 2 heterocycles. The summed E-state index contributed by atoms with van der Waals surface area (Å²) < 4.78 is 5.67. The Labute approximate surface area is 130 Å². The molecule has 1 aromatic heterocycles. The molecule has 0 spiro atoms. The monoisotopic (exact) mass is 299 g/mol. The van der Waals surface area contributed by atoms with Gasteiger partial charge in [-0.05, 0) is 18.6 Å². The van der Waals surface area contributed by atoms with Crippen LogP contribution < -0.4 is 4.74 Å². The standard InChI is InChI=1S/C17H21N3O2/c1-13(8-10-22-15-5-3-2-4-6-15)17(21)20-9-7-16-14(12-20)11-18-19-16/h2-6,11,13H,7-10,12H2,1H3,(H,18,19)/t13-/m0/s1. The van der Waals surface area contributed by atoms with Crippen LogP contribution in [0.5, 0.6) is 5.75 Å². The first-order valence-electron chi connectivity index (χ1n) is 7.72. The van der Waals surface area contributed by atoms with Gasteiger partial charge in [0.05, 0.1) is 12.8 Å². The van der Waals surface area contributed by atoms with Crippen molar-refractivity contribution in [3.05, 3.63) is 47.8 Å². The molecule has 1 atom stereocenters. The van der Waals surface area contributed by atoms with Gasteiger partial charge >= 0.3 is 0 Å². The fraction of sp³-hybridized carbons (Fsp3) is 0.412. The zero-order chi connectivity index (χ0) is 15.4. The minimum Gasteiger partial charge on any atom is -0.494 e. The summed E-state index contributed by atoms with van der Waals surface area (Å²) in [5.74, 6) is 1.02. The maximum atomic E-state index is 12.5. The van der Waals surface area contributed by atoms with Crippen molar-refractivity contribution < 1.29 is 9.53 Å². The number of aromatic nitrogens is 2. The number of benzene rings is 1. The van der Waals surface area contributed by atoms with E-state index in [1.165, 1.54) is 0 Å². The van der Waals surface area contributed by atoms with Crippen molar-refractivity contribution in [2.24, 2.45) is 5.92 Å². The third kappa shape index (κ3) is 3.30. The molecule has 0 bridgehead atoms. The van der Waals surface area contributed by atoms with Crippen LogP contribution in [0.15, 0.2) is 36.5 Å². The highest BCUT2D eigenvalue weighted by Crippen LogP contribution is 2.19. The lowest BCUT2D eigenvalue weighted by molar-refractivity contribution is -0.136. The fourth-order valence-corrected chi connectivity index (χ4v) is 2.72. The SMILES string of the molecule is C[C@@H](CCOc1ccccc1)C(=O)N1CCc2[nH]ncc2C1. The molecule has 0 fully saturated rings. The Morgan fingerprint density at radius 2 is 2.23 bits per heavy atom. The molecule has 0 unspecified atom stereocenters. The Balaban J connectivity index is 1.48. The quantitative estimate of drug-likeness (QED) is 0.922. The summed E-state index contributed by atoms with van der Waals surface area (Å²) in [5.41, 5.74) is 2.29. The van der Waals surface area contributed by atoms with E-state index in [9.17, 15) is 4.79 Å². The number of aromatic amines is 1. The average Bonchev–Trinajstić information content (AvgIpc) is 3.02. The van der Waals surface area contributed by atoms with Crippen LogP contribution in [0.25, 0.3) is 0 Å². The van der Waals surface area contributed by atoms with Crippen LogP contribution in [0, 0.1) is 5.92 Å². The molecule has 1 N–H and O–H groups in total. The van der Waals surface area contributed by atoms with E-state index in [1.54, 1.807) is 0 Å². The van der Waals surface area contributed by atoms with Gasteiger partial charge in [-0.2, -0.15) is 5.10 Å². The predicted molar refractivity (Wildman–Crippen MR) is 83.4 cm³/mol. The maximum Gasteiger partial charge on any atom is 0.225 e. The van der Waals surface area contributed by atoms with Crippen molar-refractivity contribution in [1.82, 2.24) is 15.1 Å². The molecule has 1 amide bonds. The minimum atomic E-state index is -0.0304. The zero-order valence-corrected chi connectivity index (χ0v) is 12.8. The van der Waals surface area contributed by atoms with Gasteiger partial charge in [0, 0.05) is 36.7 Å². The van der Waals surface area contributed by atoms with Crippen LogP contribution in [-0.4, -0.2) is 34.2 Å². The van der Waals surface area contributed by atoms with Crippen molar-refractivity contribution in [3.8, 4) is 5.75 Å². The number of hydrogen-bond donors (Lipinski definition) is 1. The molecule has 2 aromatic rings. The predicted octanol–water partition coefficient (Wildman–Crippen LogP) is 2.40. The Hall–Kier alpha value is -2.30. The van der Waals surface area contributed by atoms with Crippen molar-refractivity contribution in [1.29, 1.82) is 0 Å². The summed E-state index contributed by atoms with van der Waals surface area (Å²) in [5, 5.41) is 7.03. The lowest BCUT2D eigenvalue weighted by Gasteiger charge is -2.29. The molecule has 5 heteroatoms. The van der Waals surface area contributed by atoms with E-state index in [1.807, 2.05) is 48.4 Å². The zero-order valence-electron chi connectivity index (χ0n) is 12.8. The van der Waals surface area contributed by atoms with Gasteiger partial charge in [0.2, 0.25) is 5.91 Å². The van der Waals surface area contributed by atoms with Crippen LogP contribution in [0.3, 0.4) is 0 Å². The number of ether oxygens (including phenoxy) is 1. The van der Waals surface area contributed by atoms with Crippen LogP contribution in [0.4, 0.5) is 0 Å². The number of rotatable bonds is 5. The number of carbonyl (C=O) groups excluding carboxylic acids is 1. The topological polar surface area (TPSA) is 58.2 Å². The molecule has 1 aliphatic rings. The van der Waals surface area contributed by atoms with Gasteiger partial charge in [-0.3, -0.25) is 9.89 Å². The van der Waals surface area contributed by atoms with Crippen molar-refractivity contribution in [2.75, 3.05) is 13.2 Å². The van der Waals surface area contributed by atoms with E-state index in [4.69, 9.17) is 4.74 Å². The first kappa shape index (κ1) is 14.6. The first-order chi connectivity index (χ1) is 10.7. The largest absolute Gasteiger partial charge is 0.494 e. The average molecular weight is 299 g/mol. The van der Waals surface area contributed by atoms with Crippen molar-refractivity contribution in [3.63, 3.8) is 0 Å². The number of fused-ring (bicyclic) bond motifs is 1. The lowest BCUT2D eigenvalue weighted by atomic mass is 10.0. The molecule has 0 saturated heterocycles.